The number of amides is 2. The van der Waals surface area contributed by atoms with Crippen LogP contribution in [-0.4, -0.2) is 47.6 Å². The molecule has 0 aliphatic carbocycles. The molecule has 3 heterocycles. The van der Waals surface area contributed by atoms with E-state index < -0.39 is 0 Å². The number of imide groups is 1. The fraction of sp³-hybridized carbons (Fsp3) is 0.833. The van der Waals surface area contributed by atoms with Gasteiger partial charge in [0, 0.05) is 0 Å². The van der Waals surface area contributed by atoms with Crippen molar-refractivity contribution in [2.75, 3.05) is 13.1 Å². The van der Waals surface area contributed by atoms with E-state index in [1.807, 2.05) is 6.92 Å². The molecule has 3 fully saturated rings. The van der Waals surface area contributed by atoms with Gasteiger partial charge in [-0.15, -0.1) is 0 Å². The summed E-state index contributed by atoms with van der Waals surface area (Å²) in [6.45, 7) is 3.75. The van der Waals surface area contributed by atoms with Gasteiger partial charge in [0.15, 0.2) is 0 Å². The van der Waals surface area contributed by atoms with Gasteiger partial charge in [-0.1, -0.05) is 0 Å². The summed E-state index contributed by atoms with van der Waals surface area (Å²) in [5.74, 6) is -0.235. The van der Waals surface area contributed by atoms with E-state index >= 15 is 0 Å². The van der Waals surface area contributed by atoms with E-state index in [1.165, 1.54) is 4.90 Å². The summed E-state index contributed by atoms with van der Waals surface area (Å²) in [5, 5.41) is 3.27. The third-order valence-corrected chi connectivity index (χ3v) is 4.23. The van der Waals surface area contributed by atoms with Crippen LogP contribution in [0.2, 0.25) is 0 Å². The third-order valence-electron chi connectivity index (χ3n) is 4.23. The van der Waals surface area contributed by atoms with Crippen LogP contribution in [-0.2, 0) is 14.3 Å². The highest BCUT2D eigenvalue weighted by Gasteiger charge is 2.52. The molecule has 0 aromatic rings. The first kappa shape index (κ1) is 11.2. The number of hydrogen-bond donors (Lipinski definition) is 1. The van der Waals surface area contributed by atoms with Crippen molar-refractivity contribution in [2.24, 2.45) is 0 Å². The predicted molar refractivity (Wildman–Crippen MR) is 60.3 cm³/mol. The maximum Gasteiger partial charge on any atom is 0.258 e. The number of morpholine rings is 1. The molecule has 5 heteroatoms. The lowest BCUT2D eigenvalue weighted by atomic mass is 9.87. The summed E-state index contributed by atoms with van der Waals surface area (Å²) in [7, 11) is 0. The van der Waals surface area contributed by atoms with Crippen molar-refractivity contribution >= 4 is 11.8 Å². The standard InChI is InChI=1S/C12H18N2O3/c1-12(4-6-13-7-5-12)14-10(15)8-2-3-9(17-8)11(14)16/h8-9,13H,2-7H2,1H3. The third kappa shape index (κ3) is 1.60. The molecule has 0 saturated carbocycles. The Bertz CT molecular complexity index is 341. The average Bonchev–Trinajstić information content (AvgIpc) is 2.74. The molecule has 94 valence electrons. The zero-order chi connectivity index (χ0) is 12.0. The van der Waals surface area contributed by atoms with E-state index in [1.54, 1.807) is 0 Å². The summed E-state index contributed by atoms with van der Waals surface area (Å²) < 4.78 is 5.43. The fourth-order valence-corrected chi connectivity index (χ4v) is 3.12. The lowest BCUT2D eigenvalue weighted by molar-refractivity contribution is -0.177. The molecular formula is C12H18N2O3. The molecule has 2 amide bonds. The van der Waals surface area contributed by atoms with Gasteiger partial charge in [-0.05, 0) is 45.7 Å². The number of rotatable bonds is 1. The van der Waals surface area contributed by atoms with Crippen molar-refractivity contribution in [1.82, 2.24) is 10.2 Å². The Morgan fingerprint density at radius 2 is 1.71 bits per heavy atom. The summed E-state index contributed by atoms with van der Waals surface area (Å²) >= 11 is 0. The molecule has 0 aromatic carbocycles. The van der Waals surface area contributed by atoms with Gasteiger partial charge in [-0.2, -0.15) is 0 Å². The molecule has 2 unspecified atom stereocenters. The molecule has 17 heavy (non-hydrogen) atoms. The Kier molecular flexibility index (Phi) is 2.48. The minimum Gasteiger partial charge on any atom is -0.355 e. The molecule has 0 spiro atoms. The van der Waals surface area contributed by atoms with Gasteiger partial charge in [-0.3, -0.25) is 14.5 Å². The van der Waals surface area contributed by atoms with Crippen molar-refractivity contribution < 1.29 is 14.3 Å². The molecule has 2 bridgehead atoms. The van der Waals surface area contributed by atoms with E-state index in [9.17, 15) is 9.59 Å². The van der Waals surface area contributed by atoms with Crippen LogP contribution in [0.15, 0.2) is 0 Å². The quantitative estimate of drug-likeness (QED) is 0.656. The highest BCUT2D eigenvalue weighted by molar-refractivity contribution is 6.03. The van der Waals surface area contributed by atoms with Gasteiger partial charge in [0.2, 0.25) is 0 Å². The number of piperidine rings is 1. The molecule has 3 saturated heterocycles. The molecule has 0 radical (unpaired) electrons. The van der Waals surface area contributed by atoms with Crippen molar-refractivity contribution in [1.29, 1.82) is 0 Å². The van der Waals surface area contributed by atoms with Crippen LogP contribution in [0.3, 0.4) is 0 Å². The van der Waals surface area contributed by atoms with E-state index in [2.05, 4.69) is 5.32 Å². The molecule has 0 aromatic heterocycles. The van der Waals surface area contributed by atoms with Gasteiger partial charge in [0.1, 0.15) is 12.2 Å². The second-order valence-corrected chi connectivity index (χ2v) is 5.45. The first-order valence-electron chi connectivity index (χ1n) is 6.36. The predicted octanol–water partition coefficient (Wildman–Crippen LogP) is 0.0449. The van der Waals surface area contributed by atoms with Crippen LogP contribution >= 0.6 is 0 Å². The second kappa shape index (κ2) is 3.78. The highest BCUT2D eigenvalue weighted by Crippen LogP contribution is 2.35. The van der Waals surface area contributed by atoms with Crippen LogP contribution in [0.4, 0.5) is 0 Å². The summed E-state index contributed by atoms with van der Waals surface area (Å²) in [6.07, 6.45) is 2.32. The number of carbonyl (C=O) groups excluding carboxylic acids is 2. The Labute approximate surface area is 100 Å². The normalized spacial score (nSPS) is 36.4. The van der Waals surface area contributed by atoms with E-state index in [4.69, 9.17) is 4.74 Å². The summed E-state index contributed by atoms with van der Waals surface area (Å²) in [5.41, 5.74) is -0.315. The van der Waals surface area contributed by atoms with E-state index in [0.717, 1.165) is 25.9 Å². The van der Waals surface area contributed by atoms with Crippen molar-refractivity contribution in [3.05, 3.63) is 0 Å². The number of ether oxygens (including phenoxy) is 1. The number of hydrogen-bond acceptors (Lipinski definition) is 4. The molecular weight excluding hydrogens is 220 g/mol. The van der Waals surface area contributed by atoms with Gasteiger partial charge in [0.05, 0.1) is 5.54 Å². The first-order chi connectivity index (χ1) is 8.12. The molecule has 2 atom stereocenters. The lowest BCUT2D eigenvalue weighted by Crippen LogP contribution is -2.63. The van der Waals surface area contributed by atoms with Crippen molar-refractivity contribution in [2.45, 2.75) is 50.4 Å². The summed E-state index contributed by atoms with van der Waals surface area (Å²) in [4.78, 5) is 26.0. The summed E-state index contributed by atoms with van der Waals surface area (Å²) in [6, 6.07) is 0. The van der Waals surface area contributed by atoms with Crippen LogP contribution in [0, 0.1) is 0 Å². The number of fused-ring (bicyclic) bond motifs is 2. The maximum atomic E-state index is 12.3. The second-order valence-electron chi connectivity index (χ2n) is 5.45. The van der Waals surface area contributed by atoms with Crippen LogP contribution < -0.4 is 5.32 Å². The fourth-order valence-electron chi connectivity index (χ4n) is 3.12. The Hall–Kier alpha value is -0.940. The van der Waals surface area contributed by atoms with Gasteiger partial charge < -0.3 is 10.1 Å². The van der Waals surface area contributed by atoms with Crippen molar-refractivity contribution in [3.63, 3.8) is 0 Å². The van der Waals surface area contributed by atoms with Crippen LogP contribution in [0.5, 0.6) is 0 Å². The molecule has 3 aliphatic heterocycles. The minimum absolute atomic E-state index is 0.117. The number of likely N-dealkylation sites (tertiary alicyclic amines) is 1. The first-order valence-corrected chi connectivity index (χ1v) is 6.36. The Morgan fingerprint density at radius 3 is 2.24 bits per heavy atom. The average molecular weight is 238 g/mol. The van der Waals surface area contributed by atoms with Crippen LogP contribution in [0.1, 0.15) is 32.6 Å². The smallest absolute Gasteiger partial charge is 0.258 e. The Morgan fingerprint density at radius 1 is 1.18 bits per heavy atom. The molecule has 1 N–H and O–H groups in total. The van der Waals surface area contributed by atoms with Crippen molar-refractivity contribution in [3.8, 4) is 0 Å². The largest absolute Gasteiger partial charge is 0.355 e. The SMILES string of the molecule is CC1(N2C(=O)C3CCC(O3)C2=O)CCNCC1. The van der Waals surface area contributed by atoms with Gasteiger partial charge in [0.25, 0.3) is 11.8 Å². The Balaban J connectivity index is 1.90. The topological polar surface area (TPSA) is 58.6 Å². The monoisotopic (exact) mass is 238 g/mol. The molecule has 5 nitrogen and oxygen atoms in total. The van der Waals surface area contributed by atoms with Gasteiger partial charge in [-0.25, -0.2) is 0 Å². The molecule has 3 rings (SSSR count). The van der Waals surface area contributed by atoms with E-state index in [0.29, 0.717) is 12.8 Å². The number of nitrogens with one attached hydrogen (secondary N) is 1. The number of carbonyl (C=O) groups is 2. The molecule has 3 aliphatic rings. The zero-order valence-corrected chi connectivity index (χ0v) is 10.1. The van der Waals surface area contributed by atoms with Crippen LogP contribution in [0.25, 0.3) is 0 Å². The van der Waals surface area contributed by atoms with E-state index in [-0.39, 0.29) is 29.6 Å². The minimum atomic E-state index is -0.371. The van der Waals surface area contributed by atoms with Gasteiger partial charge >= 0.3 is 0 Å². The number of nitrogens with zero attached hydrogens (tertiary/aromatic N) is 1. The lowest BCUT2D eigenvalue weighted by Gasteiger charge is -2.45. The highest BCUT2D eigenvalue weighted by atomic mass is 16.5. The zero-order valence-electron chi connectivity index (χ0n) is 10.1. The maximum absolute atomic E-state index is 12.3.